The number of ether oxygens (including phenoxy) is 1. The number of aromatic hydroxyl groups is 1. The van der Waals surface area contributed by atoms with Gasteiger partial charge in [0, 0.05) is 52.4 Å². The summed E-state index contributed by atoms with van der Waals surface area (Å²) >= 11 is 0. The Bertz CT molecular complexity index is 1250. The SMILES string of the molecule is CCOc1ccc([C@@H](C)N(C)c2nc(N3CCN(C(C)=O)CC3)nc3c(O)n(C(C)C)cc23)cc1F. The highest BCUT2D eigenvalue weighted by Crippen LogP contribution is 2.38. The molecule has 1 aromatic carbocycles. The summed E-state index contributed by atoms with van der Waals surface area (Å²) in [5.41, 5.74) is 1.24. The highest BCUT2D eigenvalue weighted by Gasteiger charge is 2.26. The van der Waals surface area contributed by atoms with Crippen LogP contribution in [0.5, 0.6) is 11.6 Å². The van der Waals surface area contributed by atoms with E-state index in [4.69, 9.17) is 14.7 Å². The van der Waals surface area contributed by atoms with Crippen molar-refractivity contribution in [3.8, 4) is 11.6 Å². The first-order chi connectivity index (χ1) is 17.1. The average Bonchev–Trinajstić information content (AvgIpc) is 3.20. The van der Waals surface area contributed by atoms with E-state index in [1.807, 2.05) is 56.8 Å². The molecule has 1 fully saturated rings. The first-order valence-electron chi connectivity index (χ1n) is 12.4. The van der Waals surface area contributed by atoms with E-state index in [0.717, 1.165) is 5.56 Å². The van der Waals surface area contributed by atoms with Crippen molar-refractivity contribution in [2.75, 3.05) is 49.6 Å². The number of fused-ring (bicyclic) bond motifs is 1. The monoisotopic (exact) mass is 498 g/mol. The molecule has 4 rings (SSSR count). The summed E-state index contributed by atoms with van der Waals surface area (Å²) in [6, 6.07) is 4.79. The molecule has 0 unspecified atom stereocenters. The van der Waals surface area contributed by atoms with Gasteiger partial charge in [0.15, 0.2) is 11.6 Å². The number of nitrogens with zero attached hydrogens (tertiary/aromatic N) is 6. The van der Waals surface area contributed by atoms with E-state index in [9.17, 15) is 14.3 Å². The fraction of sp³-hybridized carbons (Fsp3) is 0.500. The summed E-state index contributed by atoms with van der Waals surface area (Å²) in [4.78, 5) is 27.2. The van der Waals surface area contributed by atoms with Crippen LogP contribution in [0, 0.1) is 5.82 Å². The molecule has 1 aliphatic heterocycles. The Balaban J connectivity index is 1.75. The van der Waals surface area contributed by atoms with Crippen molar-refractivity contribution < 1.29 is 19.0 Å². The Labute approximate surface area is 211 Å². The molecular weight excluding hydrogens is 463 g/mol. The average molecular weight is 499 g/mol. The van der Waals surface area contributed by atoms with Crippen LogP contribution in [-0.4, -0.2) is 70.3 Å². The predicted octanol–water partition coefficient (Wildman–Crippen LogP) is 4.12. The summed E-state index contributed by atoms with van der Waals surface area (Å²) < 4.78 is 21.7. The van der Waals surface area contributed by atoms with Gasteiger partial charge < -0.3 is 29.1 Å². The minimum atomic E-state index is -0.407. The highest BCUT2D eigenvalue weighted by molar-refractivity contribution is 5.94. The Hall–Kier alpha value is -3.56. The molecule has 0 radical (unpaired) electrons. The second-order valence-electron chi connectivity index (χ2n) is 9.47. The van der Waals surface area contributed by atoms with Crippen LogP contribution in [0.25, 0.3) is 10.9 Å². The second kappa shape index (κ2) is 10.2. The lowest BCUT2D eigenvalue weighted by Gasteiger charge is -2.35. The van der Waals surface area contributed by atoms with E-state index in [0.29, 0.717) is 55.5 Å². The van der Waals surface area contributed by atoms with Gasteiger partial charge >= 0.3 is 0 Å². The van der Waals surface area contributed by atoms with Crippen LogP contribution >= 0.6 is 0 Å². The lowest BCUT2D eigenvalue weighted by molar-refractivity contribution is -0.129. The minimum absolute atomic E-state index is 0.0255. The summed E-state index contributed by atoms with van der Waals surface area (Å²) in [5.74, 6) is 1.09. The first-order valence-corrected chi connectivity index (χ1v) is 12.4. The molecule has 2 aromatic heterocycles. The molecule has 1 amide bonds. The normalized spacial score (nSPS) is 15.0. The van der Waals surface area contributed by atoms with Crippen LogP contribution in [0.15, 0.2) is 24.4 Å². The highest BCUT2D eigenvalue weighted by atomic mass is 19.1. The van der Waals surface area contributed by atoms with Crippen LogP contribution in [0.3, 0.4) is 0 Å². The smallest absolute Gasteiger partial charge is 0.228 e. The molecule has 1 saturated heterocycles. The van der Waals surface area contributed by atoms with E-state index in [-0.39, 0.29) is 29.6 Å². The predicted molar refractivity (Wildman–Crippen MR) is 138 cm³/mol. The molecule has 194 valence electrons. The molecule has 3 heterocycles. The first kappa shape index (κ1) is 25.5. The lowest BCUT2D eigenvalue weighted by atomic mass is 10.1. The van der Waals surface area contributed by atoms with Gasteiger partial charge in [0.1, 0.15) is 11.3 Å². The van der Waals surface area contributed by atoms with Gasteiger partial charge in [-0.15, -0.1) is 0 Å². The maximum absolute atomic E-state index is 14.6. The third-order valence-corrected chi connectivity index (χ3v) is 6.86. The van der Waals surface area contributed by atoms with Crippen molar-refractivity contribution in [2.24, 2.45) is 0 Å². The summed E-state index contributed by atoms with van der Waals surface area (Å²) in [6.07, 6.45) is 1.87. The Kier molecular flexibility index (Phi) is 7.23. The molecule has 1 aliphatic rings. The van der Waals surface area contributed by atoms with Gasteiger partial charge in [-0.1, -0.05) is 6.07 Å². The number of rotatable bonds is 7. The molecule has 1 atom stereocenters. The number of aromatic nitrogens is 3. The van der Waals surface area contributed by atoms with Crippen molar-refractivity contribution in [3.63, 3.8) is 0 Å². The fourth-order valence-electron chi connectivity index (χ4n) is 4.54. The maximum Gasteiger partial charge on any atom is 0.228 e. The van der Waals surface area contributed by atoms with Gasteiger partial charge in [0.2, 0.25) is 17.7 Å². The van der Waals surface area contributed by atoms with Gasteiger partial charge in [0.25, 0.3) is 0 Å². The summed E-state index contributed by atoms with van der Waals surface area (Å²) in [5, 5.41) is 11.7. The molecule has 0 spiro atoms. The lowest BCUT2D eigenvalue weighted by Crippen LogP contribution is -2.48. The van der Waals surface area contributed by atoms with Crippen molar-refractivity contribution in [2.45, 2.75) is 46.7 Å². The van der Waals surface area contributed by atoms with Gasteiger partial charge in [-0.2, -0.15) is 4.98 Å². The van der Waals surface area contributed by atoms with Crippen LogP contribution in [0.2, 0.25) is 0 Å². The number of piperazine rings is 1. The van der Waals surface area contributed by atoms with E-state index in [1.54, 1.807) is 22.5 Å². The largest absolute Gasteiger partial charge is 0.493 e. The number of hydrogen-bond acceptors (Lipinski definition) is 7. The number of benzene rings is 1. The minimum Gasteiger partial charge on any atom is -0.493 e. The van der Waals surface area contributed by atoms with Crippen LogP contribution in [0.4, 0.5) is 16.2 Å². The van der Waals surface area contributed by atoms with E-state index >= 15 is 0 Å². The van der Waals surface area contributed by atoms with Gasteiger partial charge in [-0.25, -0.2) is 9.37 Å². The second-order valence-corrected chi connectivity index (χ2v) is 9.47. The third kappa shape index (κ3) is 4.76. The van der Waals surface area contributed by atoms with Crippen molar-refractivity contribution in [1.82, 2.24) is 19.4 Å². The number of carbonyl (C=O) groups is 1. The van der Waals surface area contributed by atoms with E-state index < -0.39 is 5.82 Å². The van der Waals surface area contributed by atoms with Crippen molar-refractivity contribution in [1.29, 1.82) is 0 Å². The van der Waals surface area contributed by atoms with Gasteiger partial charge in [-0.05, 0) is 45.4 Å². The topological polar surface area (TPSA) is 87.0 Å². The Morgan fingerprint density at radius 1 is 1.19 bits per heavy atom. The summed E-state index contributed by atoms with van der Waals surface area (Å²) in [7, 11) is 1.90. The molecule has 0 aliphatic carbocycles. The van der Waals surface area contributed by atoms with E-state index in [1.165, 1.54) is 6.07 Å². The third-order valence-electron chi connectivity index (χ3n) is 6.86. The number of anilines is 2. The quantitative estimate of drug-likeness (QED) is 0.524. The number of amides is 1. The molecule has 3 aromatic rings. The Morgan fingerprint density at radius 3 is 2.47 bits per heavy atom. The molecular formula is C26H35FN6O3. The zero-order valence-corrected chi connectivity index (χ0v) is 21.8. The van der Waals surface area contributed by atoms with Gasteiger partial charge in [0.05, 0.1) is 18.0 Å². The zero-order valence-electron chi connectivity index (χ0n) is 21.8. The van der Waals surface area contributed by atoms with Crippen LogP contribution < -0.4 is 14.5 Å². The number of carbonyl (C=O) groups excluding carboxylic acids is 1. The van der Waals surface area contributed by atoms with E-state index in [2.05, 4.69) is 0 Å². The molecule has 0 saturated carbocycles. The molecule has 10 heteroatoms. The summed E-state index contributed by atoms with van der Waals surface area (Å²) in [6.45, 7) is 12.1. The maximum atomic E-state index is 14.6. The van der Waals surface area contributed by atoms with Crippen molar-refractivity contribution in [3.05, 3.63) is 35.8 Å². The standard InChI is InChI=1S/C26H35FN6O3/c1-7-36-22-9-8-19(14-21(22)27)17(4)30(6)24-20-15-33(16(2)3)25(35)23(20)28-26(29-24)32-12-10-31(11-13-32)18(5)34/h8-9,14-17,35H,7,10-13H2,1-6H3/t17-/m1/s1. The Morgan fingerprint density at radius 2 is 1.89 bits per heavy atom. The number of halogens is 1. The molecule has 9 nitrogen and oxygen atoms in total. The van der Waals surface area contributed by atoms with Crippen molar-refractivity contribution >= 4 is 28.6 Å². The molecule has 36 heavy (non-hydrogen) atoms. The van der Waals surface area contributed by atoms with Crippen LogP contribution in [0.1, 0.15) is 52.3 Å². The van der Waals surface area contributed by atoms with Crippen LogP contribution in [-0.2, 0) is 4.79 Å². The fourth-order valence-corrected chi connectivity index (χ4v) is 4.54. The van der Waals surface area contributed by atoms with Gasteiger partial charge in [-0.3, -0.25) is 4.79 Å². The molecule has 1 N–H and O–H groups in total. The zero-order chi connectivity index (χ0) is 26.1. The molecule has 0 bridgehead atoms. The number of hydrogen-bond donors (Lipinski definition) is 1.